The van der Waals surface area contributed by atoms with Crippen molar-refractivity contribution in [2.75, 3.05) is 55.2 Å². The van der Waals surface area contributed by atoms with Crippen molar-refractivity contribution in [2.45, 2.75) is 6.54 Å². The predicted molar refractivity (Wildman–Crippen MR) is 148 cm³/mol. The summed E-state index contributed by atoms with van der Waals surface area (Å²) in [6.45, 7) is 0.280. The quantitative estimate of drug-likeness (QED) is 0.140. The van der Waals surface area contributed by atoms with Crippen LogP contribution in [0.1, 0.15) is 11.1 Å². The van der Waals surface area contributed by atoms with Gasteiger partial charge in [-0.05, 0) is 47.5 Å². The number of methoxy groups -OCH3 is 1. The molecule has 0 bridgehead atoms. The summed E-state index contributed by atoms with van der Waals surface area (Å²) >= 11 is 5.48. The van der Waals surface area contributed by atoms with Crippen molar-refractivity contribution >= 4 is 40.3 Å². The van der Waals surface area contributed by atoms with Crippen molar-refractivity contribution in [3.63, 3.8) is 0 Å². The molecule has 1 unspecified atom stereocenters. The van der Waals surface area contributed by atoms with E-state index < -0.39 is 22.3 Å². The third-order valence-corrected chi connectivity index (χ3v) is 10.7. The maximum absolute atomic E-state index is 12.7. The highest BCUT2D eigenvalue weighted by atomic mass is 32.4. The van der Waals surface area contributed by atoms with E-state index >= 15 is 0 Å². The van der Waals surface area contributed by atoms with Crippen LogP contribution in [0.3, 0.4) is 0 Å². The zero-order valence-electron chi connectivity index (χ0n) is 21.7. The highest BCUT2D eigenvalue weighted by Crippen LogP contribution is 2.51. The summed E-state index contributed by atoms with van der Waals surface area (Å²) < 4.78 is 58.3. The molecule has 0 aromatic heterocycles. The van der Waals surface area contributed by atoms with Gasteiger partial charge in [-0.25, -0.2) is 0 Å². The van der Waals surface area contributed by atoms with Gasteiger partial charge < -0.3 is 22.8 Å². The Morgan fingerprint density at radius 1 is 0.838 bits per heavy atom. The van der Waals surface area contributed by atoms with E-state index in [1.54, 1.807) is 42.2 Å². The third kappa shape index (κ3) is 10.2. The van der Waals surface area contributed by atoms with Crippen molar-refractivity contribution in [3.8, 4) is 11.5 Å². The zero-order chi connectivity index (χ0) is 27.5. The first-order valence-corrected chi connectivity index (χ1v) is 16.6. The zero-order valence-corrected chi connectivity index (χ0v) is 25.2. The Bertz CT molecular complexity index is 1090. The minimum absolute atomic E-state index is 0.108. The number of rotatable bonds is 16. The van der Waals surface area contributed by atoms with E-state index in [4.69, 9.17) is 39.2 Å². The molecular formula is C22H33N3O8P3S+. The number of benzene rings is 2. The average molecular weight is 593 g/mol. The summed E-state index contributed by atoms with van der Waals surface area (Å²) in [4.78, 5) is 1.64. The van der Waals surface area contributed by atoms with E-state index in [1.165, 1.54) is 28.4 Å². The van der Waals surface area contributed by atoms with Gasteiger partial charge >= 0.3 is 22.3 Å². The minimum atomic E-state index is -3.42. The van der Waals surface area contributed by atoms with Crippen molar-refractivity contribution < 1.29 is 36.5 Å². The molecule has 37 heavy (non-hydrogen) atoms. The summed E-state index contributed by atoms with van der Waals surface area (Å²) in [5, 5.41) is 4.36. The largest absolute Gasteiger partial charge is 0.540 e. The Hall–Kier alpha value is -1.71. The standard InChI is InChI=1S/C22H33N3O8P3S/c1-24(23-15-19-7-11-21(28-2)12-8-19)34(37)33-22-13-9-20(10-14-22)16-25(17-35(26,29-3)30-4)18-36(27,31-5)32-6/h7-15H,16-18H2,1-6H3/q+1/b23-15-. The molecule has 0 N–H and O–H groups in total. The van der Waals surface area contributed by atoms with Crippen molar-refractivity contribution in [3.05, 3.63) is 59.7 Å². The van der Waals surface area contributed by atoms with Crippen molar-refractivity contribution in [2.24, 2.45) is 5.10 Å². The Morgan fingerprint density at radius 3 is 1.78 bits per heavy atom. The number of hydrogen-bond acceptors (Lipinski definition) is 11. The second-order valence-electron chi connectivity index (χ2n) is 7.54. The number of hydrogen-bond donors (Lipinski definition) is 0. The molecule has 0 heterocycles. The average Bonchev–Trinajstić information content (AvgIpc) is 2.92. The molecule has 2 aromatic rings. The SMILES string of the molecule is COc1ccc(/C=N\N(C)[P+](=S)Oc2ccc(CN(CP(=O)(OC)OC)CP(=O)(OC)OC)cc2)cc1. The molecule has 0 saturated carbocycles. The number of nitrogens with zero attached hydrogens (tertiary/aromatic N) is 3. The van der Waals surface area contributed by atoms with Crippen LogP contribution in [-0.4, -0.2) is 71.1 Å². The maximum Gasteiger partial charge on any atom is 0.540 e. The van der Waals surface area contributed by atoms with Gasteiger partial charge in [0.25, 0.3) is 0 Å². The minimum Gasteiger partial charge on any atom is -0.497 e. The molecule has 0 aliphatic carbocycles. The maximum atomic E-state index is 12.7. The van der Waals surface area contributed by atoms with Gasteiger partial charge in [-0.3, -0.25) is 18.6 Å². The first-order chi connectivity index (χ1) is 17.6. The fourth-order valence-electron chi connectivity index (χ4n) is 2.96. The van der Waals surface area contributed by atoms with E-state index in [0.717, 1.165) is 16.9 Å². The molecule has 0 spiro atoms. The highest BCUT2D eigenvalue weighted by Gasteiger charge is 2.32. The van der Waals surface area contributed by atoms with Crippen LogP contribution in [-0.2, 0) is 45.6 Å². The Balaban J connectivity index is 2.05. The number of hydrazone groups is 1. The van der Waals surface area contributed by atoms with E-state index in [9.17, 15) is 9.13 Å². The van der Waals surface area contributed by atoms with Crippen LogP contribution in [0.5, 0.6) is 11.5 Å². The Morgan fingerprint density at radius 2 is 1.32 bits per heavy atom. The summed E-state index contributed by atoms with van der Waals surface area (Å²) in [5.74, 6) is 1.34. The molecule has 0 fully saturated rings. The van der Waals surface area contributed by atoms with Crippen LogP contribution in [0.25, 0.3) is 0 Å². The summed E-state index contributed by atoms with van der Waals surface area (Å²) in [6.07, 6.45) is 1.48. The Kier molecular flexibility index (Phi) is 12.8. The molecule has 1 atom stereocenters. The van der Waals surface area contributed by atoms with Gasteiger partial charge in [0.15, 0.2) is 5.75 Å². The van der Waals surface area contributed by atoms with Crippen molar-refractivity contribution in [1.29, 1.82) is 0 Å². The first-order valence-electron chi connectivity index (χ1n) is 10.9. The van der Waals surface area contributed by atoms with E-state index in [-0.39, 0.29) is 19.1 Å². The van der Waals surface area contributed by atoms with Crippen LogP contribution in [0, 0.1) is 0 Å². The summed E-state index contributed by atoms with van der Waals surface area (Å²) in [7, 11) is 0.258. The van der Waals surface area contributed by atoms with Gasteiger partial charge in [0.1, 0.15) is 18.3 Å². The second kappa shape index (κ2) is 15.0. The van der Waals surface area contributed by atoms with Crippen LogP contribution in [0.15, 0.2) is 53.6 Å². The molecule has 0 aliphatic rings. The molecule has 0 amide bonds. The topological polar surface area (TPSA) is 108 Å². The predicted octanol–water partition coefficient (Wildman–Crippen LogP) is 5.50. The molecular weight excluding hydrogens is 559 g/mol. The van der Waals surface area contributed by atoms with Gasteiger partial charge in [-0.2, -0.15) is 0 Å². The molecule has 11 nitrogen and oxygen atoms in total. The van der Waals surface area contributed by atoms with Crippen LogP contribution >= 0.6 is 22.3 Å². The van der Waals surface area contributed by atoms with E-state index in [1.807, 2.05) is 36.4 Å². The lowest BCUT2D eigenvalue weighted by Gasteiger charge is -2.27. The highest BCUT2D eigenvalue weighted by molar-refractivity contribution is 8.02. The van der Waals surface area contributed by atoms with Gasteiger partial charge in [-0.15, -0.1) is 5.10 Å². The molecule has 2 rings (SSSR count). The lowest BCUT2D eigenvalue weighted by atomic mass is 10.2. The fraction of sp³-hybridized carbons (Fsp3) is 0.409. The second-order valence-corrected chi connectivity index (χ2v) is 14.2. The first kappa shape index (κ1) is 31.5. The lowest BCUT2D eigenvalue weighted by molar-refractivity contribution is 0.220. The van der Waals surface area contributed by atoms with Gasteiger partial charge in [-0.1, -0.05) is 16.9 Å². The lowest BCUT2D eigenvalue weighted by Crippen LogP contribution is -2.27. The van der Waals surface area contributed by atoms with Crippen LogP contribution < -0.4 is 9.26 Å². The van der Waals surface area contributed by atoms with Gasteiger partial charge in [0.2, 0.25) is 11.8 Å². The summed E-state index contributed by atoms with van der Waals surface area (Å²) in [6, 6.07) is 14.7. The van der Waals surface area contributed by atoms with Gasteiger partial charge in [0.05, 0.1) is 20.4 Å². The fourth-order valence-corrected chi connectivity index (χ4v) is 6.20. The monoisotopic (exact) mass is 592 g/mol. The molecule has 0 saturated heterocycles. The molecule has 0 radical (unpaired) electrons. The molecule has 204 valence electrons. The Labute approximate surface area is 224 Å². The molecule has 15 heteroatoms. The van der Waals surface area contributed by atoms with E-state index in [2.05, 4.69) is 5.10 Å². The molecule has 2 aromatic carbocycles. The van der Waals surface area contributed by atoms with Crippen molar-refractivity contribution in [1.82, 2.24) is 9.68 Å². The molecule has 0 aliphatic heterocycles. The smallest absolute Gasteiger partial charge is 0.497 e. The van der Waals surface area contributed by atoms with Gasteiger partial charge in [0, 0.05) is 35.0 Å². The third-order valence-electron chi connectivity index (χ3n) is 5.10. The van der Waals surface area contributed by atoms with E-state index in [0.29, 0.717) is 5.75 Å². The summed E-state index contributed by atoms with van der Waals surface area (Å²) in [5.41, 5.74) is 1.74. The normalized spacial score (nSPS) is 12.7. The number of ether oxygens (including phenoxy) is 1. The van der Waals surface area contributed by atoms with Crippen LogP contribution in [0.2, 0.25) is 0 Å². The van der Waals surface area contributed by atoms with Crippen LogP contribution in [0.4, 0.5) is 0 Å².